The molecular weight excluding hydrogens is 459 g/mol. The zero-order valence-electron chi connectivity index (χ0n) is 15.7. The molecule has 1 aliphatic carbocycles. The van der Waals surface area contributed by atoms with E-state index in [2.05, 4.69) is 26.1 Å². The number of rotatable bonds is 4. The van der Waals surface area contributed by atoms with E-state index < -0.39 is 11.5 Å². The number of aliphatic hydroxyl groups excluding tert-OH is 1. The maximum absolute atomic E-state index is 15.2. The number of anilines is 1. The van der Waals surface area contributed by atoms with Crippen molar-refractivity contribution in [3.8, 4) is 0 Å². The quantitative estimate of drug-likeness (QED) is 0.671. The summed E-state index contributed by atoms with van der Waals surface area (Å²) in [6.45, 7) is 0.642. The smallest absolute Gasteiger partial charge is 0.250 e. The van der Waals surface area contributed by atoms with Gasteiger partial charge < -0.3 is 10.4 Å². The molecule has 1 saturated carbocycles. The van der Waals surface area contributed by atoms with Crippen LogP contribution in [0.2, 0.25) is 5.02 Å². The van der Waals surface area contributed by atoms with Gasteiger partial charge in [0.05, 0.1) is 11.1 Å². The number of nitrogens with one attached hydrogen (secondary N) is 1. The fourth-order valence-electron chi connectivity index (χ4n) is 5.17. The molecule has 2 aliphatic heterocycles. The molecule has 0 unspecified atom stereocenters. The first kappa shape index (κ1) is 19.5. The minimum Gasteiger partial charge on any atom is -0.395 e. The molecule has 7 heteroatoms. The standard InChI is InChI=1S/C22H21BrClFN2O2/c23-18-3-1-2-15(20(18)25)17-9-14(11-28)27(10-12-4-5-12)22(17)16-7-6-13(24)8-19(16)26-21(22)29/h1-3,6-8,12,14,17,28H,4-5,9-11H2,(H,26,29)/t14-,17-,22-/m1/s1. The molecule has 2 fully saturated rings. The zero-order valence-corrected chi connectivity index (χ0v) is 18.0. The van der Waals surface area contributed by atoms with Gasteiger partial charge in [-0.1, -0.05) is 29.8 Å². The SMILES string of the molecule is O=C1Nc2cc(Cl)ccc2[C@@]12[C@@H](c1cccc(Br)c1F)C[C@H](CO)N2CC1CC1. The monoisotopic (exact) mass is 478 g/mol. The lowest BCUT2D eigenvalue weighted by Crippen LogP contribution is -2.53. The molecule has 3 atom stereocenters. The van der Waals surface area contributed by atoms with Gasteiger partial charge in [-0.2, -0.15) is 0 Å². The Bertz CT molecular complexity index is 999. The third-order valence-corrected chi connectivity index (χ3v) is 7.46. The number of halogens is 3. The number of hydrogen-bond acceptors (Lipinski definition) is 3. The summed E-state index contributed by atoms with van der Waals surface area (Å²) in [7, 11) is 0. The molecule has 4 nitrogen and oxygen atoms in total. The Morgan fingerprint density at radius 3 is 2.83 bits per heavy atom. The zero-order chi connectivity index (χ0) is 20.3. The van der Waals surface area contributed by atoms with Gasteiger partial charge >= 0.3 is 0 Å². The van der Waals surface area contributed by atoms with Crippen molar-refractivity contribution in [3.63, 3.8) is 0 Å². The first-order valence-corrected chi connectivity index (χ1v) is 11.1. The number of carbonyl (C=O) groups is 1. The van der Waals surface area contributed by atoms with E-state index in [9.17, 15) is 9.90 Å². The minimum absolute atomic E-state index is 0.0726. The minimum atomic E-state index is -1.06. The molecule has 2 aromatic rings. The van der Waals surface area contributed by atoms with E-state index in [4.69, 9.17) is 11.6 Å². The van der Waals surface area contributed by atoms with Crippen LogP contribution in [0.25, 0.3) is 0 Å². The van der Waals surface area contributed by atoms with Crippen LogP contribution in [0, 0.1) is 11.7 Å². The van der Waals surface area contributed by atoms with Gasteiger partial charge in [-0.05, 0) is 64.9 Å². The third-order valence-electron chi connectivity index (χ3n) is 6.61. The van der Waals surface area contributed by atoms with Gasteiger partial charge in [0.2, 0.25) is 5.91 Å². The Morgan fingerprint density at radius 1 is 1.31 bits per heavy atom. The van der Waals surface area contributed by atoms with Crippen molar-refractivity contribution in [1.29, 1.82) is 0 Å². The van der Waals surface area contributed by atoms with Gasteiger partial charge in [-0.25, -0.2) is 4.39 Å². The number of amides is 1. The normalized spacial score (nSPS) is 28.8. The fraction of sp³-hybridized carbons (Fsp3) is 0.409. The first-order valence-electron chi connectivity index (χ1n) is 9.89. The summed E-state index contributed by atoms with van der Waals surface area (Å²) in [4.78, 5) is 15.7. The molecule has 3 aliphatic rings. The fourth-order valence-corrected chi connectivity index (χ4v) is 5.72. The van der Waals surface area contributed by atoms with Crippen LogP contribution >= 0.6 is 27.5 Å². The second kappa shape index (κ2) is 7.05. The molecule has 2 aromatic carbocycles. The molecule has 0 bridgehead atoms. The molecule has 5 rings (SSSR count). The van der Waals surface area contributed by atoms with Crippen molar-refractivity contribution < 1.29 is 14.3 Å². The van der Waals surface area contributed by atoms with Gasteiger partial charge in [-0.3, -0.25) is 9.69 Å². The van der Waals surface area contributed by atoms with Crippen LogP contribution in [0.1, 0.15) is 36.3 Å². The molecular formula is C22H21BrClFN2O2. The molecule has 0 aromatic heterocycles. The van der Waals surface area contributed by atoms with Crippen LogP contribution in [0.4, 0.5) is 10.1 Å². The summed E-state index contributed by atoms with van der Waals surface area (Å²) in [6, 6.07) is 10.4. The highest BCUT2D eigenvalue weighted by Crippen LogP contribution is 2.58. The summed E-state index contributed by atoms with van der Waals surface area (Å²) < 4.78 is 15.6. The summed E-state index contributed by atoms with van der Waals surface area (Å²) in [5, 5.41) is 13.7. The number of benzene rings is 2. The summed E-state index contributed by atoms with van der Waals surface area (Å²) in [5.74, 6) is -0.428. The van der Waals surface area contributed by atoms with E-state index in [1.807, 2.05) is 6.07 Å². The molecule has 152 valence electrons. The van der Waals surface area contributed by atoms with E-state index in [1.165, 1.54) is 0 Å². The van der Waals surface area contributed by atoms with Gasteiger partial charge in [0.25, 0.3) is 0 Å². The lowest BCUT2D eigenvalue weighted by atomic mass is 9.75. The van der Waals surface area contributed by atoms with Crippen molar-refractivity contribution in [2.24, 2.45) is 5.92 Å². The second-order valence-electron chi connectivity index (χ2n) is 8.27. The number of fused-ring (bicyclic) bond motifs is 2. The van der Waals surface area contributed by atoms with E-state index in [1.54, 1.807) is 30.3 Å². The van der Waals surface area contributed by atoms with Gasteiger partial charge in [0.1, 0.15) is 11.4 Å². The average Bonchev–Trinajstić information content (AvgIpc) is 3.39. The lowest BCUT2D eigenvalue weighted by Gasteiger charge is -2.39. The summed E-state index contributed by atoms with van der Waals surface area (Å²) in [6.07, 6.45) is 2.75. The maximum Gasteiger partial charge on any atom is 0.250 e. The van der Waals surface area contributed by atoms with Crippen molar-refractivity contribution in [2.45, 2.75) is 36.8 Å². The second-order valence-corrected chi connectivity index (χ2v) is 9.56. The van der Waals surface area contributed by atoms with Crippen LogP contribution in [0.15, 0.2) is 40.9 Å². The molecule has 1 saturated heterocycles. The van der Waals surface area contributed by atoms with E-state index in [0.29, 0.717) is 39.6 Å². The van der Waals surface area contributed by atoms with E-state index in [0.717, 1.165) is 18.4 Å². The highest BCUT2D eigenvalue weighted by molar-refractivity contribution is 9.10. The number of hydrogen-bond donors (Lipinski definition) is 2. The van der Waals surface area contributed by atoms with Crippen LogP contribution in [-0.4, -0.2) is 35.1 Å². The van der Waals surface area contributed by atoms with E-state index >= 15 is 4.39 Å². The highest BCUT2D eigenvalue weighted by Gasteiger charge is 2.63. The van der Waals surface area contributed by atoms with Crippen molar-refractivity contribution in [3.05, 3.63) is 62.8 Å². The van der Waals surface area contributed by atoms with Crippen molar-refractivity contribution in [2.75, 3.05) is 18.5 Å². The largest absolute Gasteiger partial charge is 0.395 e. The van der Waals surface area contributed by atoms with Crippen LogP contribution in [0.5, 0.6) is 0 Å². The molecule has 2 heterocycles. The Hall–Kier alpha value is -1.47. The number of nitrogens with zero attached hydrogens (tertiary/aromatic N) is 1. The lowest BCUT2D eigenvalue weighted by molar-refractivity contribution is -0.128. The van der Waals surface area contributed by atoms with Crippen LogP contribution < -0.4 is 5.32 Å². The predicted molar refractivity (Wildman–Crippen MR) is 114 cm³/mol. The van der Waals surface area contributed by atoms with Crippen molar-refractivity contribution >= 4 is 39.1 Å². The summed E-state index contributed by atoms with van der Waals surface area (Å²) in [5.41, 5.74) is 0.918. The van der Waals surface area contributed by atoms with Gasteiger partial charge in [-0.15, -0.1) is 0 Å². The Kier molecular flexibility index (Phi) is 4.74. The number of aliphatic hydroxyl groups is 1. The van der Waals surface area contributed by atoms with Gasteiger partial charge in [0.15, 0.2) is 0 Å². The number of likely N-dealkylation sites (tertiary alicyclic amines) is 1. The Balaban J connectivity index is 1.74. The van der Waals surface area contributed by atoms with E-state index in [-0.39, 0.29) is 24.4 Å². The third kappa shape index (κ3) is 2.87. The molecule has 1 spiro atoms. The summed E-state index contributed by atoms with van der Waals surface area (Å²) >= 11 is 9.47. The molecule has 0 radical (unpaired) electrons. The average molecular weight is 480 g/mol. The van der Waals surface area contributed by atoms with Crippen LogP contribution in [-0.2, 0) is 10.3 Å². The maximum atomic E-state index is 15.2. The van der Waals surface area contributed by atoms with Crippen molar-refractivity contribution in [1.82, 2.24) is 4.90 Å². The molecule has 1 amide bonds. The van der Waals surface area contributed by atoms with Gasteiger partial charge in [0, 0.05) is 34.8 Å². The van der Waals surface area contributed by atoms with Crippen LogP contribution in [0.3, 0.4) is 0 Å². The Morgan fingerprint density at radius 2 is 2.10 bits per heavy atom. The first-order chi connectivity index (χ1) is 14.0. The topological polar surface area (TPSA) is 52.6 Å². The molecule has 2 N–H and O–H groups in total. The highest BCUT2D eigenvalue weighted by atomic mass is 79.9. The Labute approximate surface area is 182 Å². The molecule has 29 heavy (non-hydrogen) atoms. The predicted octanol–water partition coefficient (Wildman–Crippen LogP) is 4.65. The number of carbonyl (C=O) groups excluding carboxylic acids is 1.